The quantitative estimate of drug-likeness (QED) is 0.629. The van der Waals surface area contributed by atoms with E-state index in [-0.39, 0.29) is 6.09 Å². The molecule has 5 nitrogen and oxygen atoms in total. The Morgan fingerprint density at radius 2 is 1.68 bits per heavy atom. The van der Waals surface area contributed by atoms with Crippen LogP contribution in [0.15, 0.2) is 0 Å². The van der Waals surface area contributed by atoms with Gasteiger partial charge in [0.25, 0.3) is 0 Å². The van der Waals surface area contributed by atoms with Crippen LogP contribution in [-0.2, 0) is 4.74 Å². The van der Waals surface area contributed by atoms with Crippen molar-refractivity contribution in [3.63, 3.8) is 0 Å². The molecule has 0 aliphatic rings. The van der Waals surface area contributed by atoms with Crippen LogP contribution in [0.4, 0.5) is 4.79 Å². The monoisotopic (exact) mass is 273 g/mol. The summed E-state index contributed by atoms with van der Waals surface area (Å²) in [4.78, 5) is 13.5. The zero-order valence-electron chi connectivity index (χ0n) is 13.2. The molecule has 0 unspecified atom stereocenters. The number of nitrogens with zero attached hydrogens (tertiary/aromatic N) is 1. The van der Waals surface area contributed by atoms with Crippen LogP contribution in [0.25, 0.3) is 0 Å². The van der Waals surface area contributed by atoms with Crippen molar-refractivity contribution in [1.82, 2.24) is 15.5 Å². The molecule has 0 radical (unpaired) electrons. The largest absolute Gasteiger partial charge is 0.444 e. The Morgan fingerprint density at radius 1 is 1.05 bits per heavy atom. The number of ether oxygens (including phenoxy) is 1. The van der Waals surface area contributed by atoms with Gasteiger partial charge in [0.2, 0.25) is 0 Å². The maximum atomic E-state index is 11.3. The average Bonchev–Trinajstić information content (AvgIpc) is 2.24. The van der Waals surface area contributed by atoms with Crippen molar-refractivity contribution in [3.8, 4) is 0 Å². The minimum Gasteiger partial charge on any atom is -0.444 e. The van der Waals surface area contributed by atoms with E-state index < -0.39 is 5.60 Å². The van der Waals surface area contributed by atoms with E-state index in [4.69, 9.17) is 4.74 Å². The molecule has 0 spiro atoms. The summed E-state index contributed by atoms with van der Waals surface area (Å²) >= 11 is 0. The standard InChI is InChI=1S/C14H31N3O2/c1-14(2,3)19-13(18)16-11-8-10-15-9-6-7-12-17(4)5/h15H,6-12H2,1-5H3,(H,16,18). The van der Waals surface area contributed by atoms with E-state index >= 15 is 0 Å². The molecular weight excluding hydrogens is 242 g/mol. The average molecular weight is 273 g/mol. The van der Waals surface area contributed by atoms with E-state index in [1.54, 1.807) is 0 Å². The smallest absolute Gasteiger partial charge is 0.407 e. The topological polar surface area (TPSA) is 53.6 Å². The Morgan fingerprint density at radius 3 is 2.26 bits per heavy atom. The van der Waals surface area contributed by atoms with Gasteiger partial charge in [-0.15, -0.1) is 0 Å². The first-order valence-electron chi connectivity index (χ1n) is 7.13. The molecular formula is C14H31N3O2. The van der Waals surface area contributed by atoms with Crippen molar-refractivity contribution in [1.29, 1.82) is 0 Å². The minimum absolute atomic E-state index is 0.335. The minimum atomic E-state index is -0.422. The molecule has 0 bridgehead atoms. The van der Waals surface area contributed by atoms with Gasteiger partial charge in [0.05, 0.1) is 0 Å². The molecule has 0 aliphatic heterocycles. The zero-order valence-corrected chi connectivity index (χ0v) is 13.2. The first-order chi connectivity index (χ1) is 8.81. The van der Waals surface area contributed by atoms with Gasteiger partial charge in [0.1, 0.15) is 5.60 Å². The number of hydrogen-bond acceptors (Lipinski definition) is 4. The number of amides is 1. The highest BCUT2D eigenvalue weighted by molar-refractivity contribution is 5.67. The Kier molecular flexibility index (Phi) is 9.61. The van der Waals surface area contributed by atoms with Crippen molar-refractivity contribution >= 4 is 6.09 Å². The molecule has 0 aromatic carbocycles. The van der Waals surface area contributed by atoms with Crippen LogP contribution in [0.3, 0.4) is 0 Å². The van der Waals surface area contributed by atoms with Gasteiger partial charge in [-0.25, -0.2) is 4.79 Å². The summed E-state index contributed by atoms with van der Waals surface area (Å²) in [5.74, 6) is 0. The SMILES string of the molecule is CN(C)CCCCNCCCNC(=O)OC(C)(C)C. The van der Waals surface area contributed by atoms with E-state index in [1.165, 1.54) is 12.8 Å². The second-order valence-electron chi connectivity index (χ2n) is 6.04. The second kappa shape index (κ2) is 10.0. The molecule has 1 amide bonds. The van der Waals surface area contributed by atoms with E-state index in [0.29, 0.717) is 6.54 Å². The molecule has 0 saturated heterocycles. The number of hydrogen-bond donors (Lipinski definition) is 2. The van der Waals surface area contributed by atoms with Crippen molar-refractivity contribution < 1.29 is 9.53 Å². The third-order valence-corrected chi connectivity index (χ3v) is 2.41. The fourth-order valence-electron chi connectivity index (χ4n) is 1.52. The Labute approximate surface area is 118 Å². The van der Waals surface area contributed by atoms with Crippen molar-refractivity contribution in [2.45, 2.75) is 45.6 Å². The van der Waals surface area contributed by atoms with Crippen LogP contribution in [0.1, 0.15) is 40.0 Å². The van der Waals surface area contributed by atoms with Crippen LogP contribution in [0, 0.1) is 0 Å². The molecule has 0 aromatic heterocycles. The summed E-state index contributed by atoms with van der Waals surface area (Å²) in [6.07, 6.45) is 3.00. The third kappa shape index (κ3) is 15.1. The van der Waals surface area contributed by atoms with Crippen LogP contribution < -0.4 is 10.6 Å². The molecule has 114 valence electrons. The normalized spacial score (nSPS) is 11.7. The van der Waals surface area contributed by atoms with Gasteiger partial charge >= 0.3 is 6.09 Å². The molecule has 2 N–H and O–H groups in total. The van der Waals surface area contributed by atoms with E-state index in [9.17, 15) is 4.79 Å². The van der Waals surface area contributed by atoms with Gasteiger partial charge < -0.3 is 20.3 Å². The summed E-state index contributed by atoms with van der Waals surface area (Å²) in [7, 11) is 4.19. The van der Waals surface area contributed by atoms with Crippen LogP contribution in [-0.4, -0.2) is 56.9 Å². The Hall–Kier alpha value is -0.810. The first-order valence-corrected chi connectivity index (χ1v) is 7.13. The second-order valence-corrected chi connectivity index (χ2v) is 6.04. The zero-order chi connectivity index (χ0) is 14.7. The number of carbonyl (C=O) groups is 1. The summed E-state index contributed by atoms with van der Waals surface area (Å²) < 4.78 is 5.14. The fraction of sp³-hybridized carbons (Fsp3) is 0.929. The molecule has 19 heavy (non-hydrogen) atoms. The molecule has 0 fully saturated rings. The number of carbonyl (C=O) groups excluding carboxylic acids is 1. The van der Waals surface area contributed by atoms with Crippen molar-refractivity contribution in [2.24, 2.45) is 0 Å². The molecule has 0 saturated carbocycles. The van der Waals surface area contributed by atoms with Crippen molar-refractivity contribution in [3.05, 3.63) is 0 Å². The van der Waals surface area contributed by atoms with Gasteiger partial charge in [-0.3, -0.25) is 0 Å². The summed E-state index contributed by atoms with van der Waals surface area (Å²) in [6, 6.07) is 0. The van der Waals surface area contributed by atoms with E-state index in [1.807, 2.05) is 20.8 Å². The number of nitrogens with one attached hydrogen (secondary N) is 2. The Balaban J connectivity index is 3.25. The lowest BCUT2D eigenvalue weighted by atomic mass is 10.2. The summed E-state index contributed by atoms with van der Waals surface area (Å²) in [5, 5.41) is 6.12. The molecule has 0 aliphatic carbocycles. The highest BCUT2D eigenvalue weighted by Gasteiger charge is 2.15. The highest BCUT2D eigenvalue weighted by atomic mass is 16.6. The highest BCUT2D eigenvalue weighted by Crippen LogP contribution is 2.06. The number of rotatable bonds is 9. The molecule has 0 aromatic rings. The summed E-state index contributed by atoms with van der Waals surface area (Å²) in [5.41, 5.74) is -0.422. The predicted octanol–water partition coefficient (Wildman–Crippen LogP) is 1.83. The molecule has 0 heterocycles. The van der Waals surface area contributed by atoms with Crippen LogP contribution in [0.5, 0.6) is 0 Å². The maximum Gasteiger partial charge on any atom is 0.407 e. The molecule has 0 atom stereocenters. The lowest BCUT2D eigenvalue weighted by Crippen LogP contribution is -2.34. The fourth-order valence-corrected chi connectivity index (χ4v) is 1.52. The lowest BCUT2D eigenvalue weighted by Gasteiger charge is -2.19. The lowest BCUT2D eigenvalue weighted by molar-refractivity contribution is 0.0527. The van der Waals surface area contributed by atoms with Crippen molar-refractivity contribution in [2.75, 3.05) is 40.3 Å². The van der Waals surface area contributed by atoms with Gasteiger partial charge in [-0.05, 0) is 73.8 Å². The van der Waals surface area contributed by atoms with Crippen LogP contribution in [0.2, 0.25) is 0 Å². The summed E-state index contributed by atoms with van der Waals surface area (Å²) in [6.45, 7) is 9.35. The van der Waals surface area contributed by atoms with Gasteiger partial charge in [0, 0.05) is 6.54 Å². The first kappa shape index (κ1) is 18.2. The van der Waals surface area contributed by atoms with Gasteiger partial charge in [-0.2, -0.15) is 0 Å². The maximum absolute atomic E-state index is 11.3. The molecule has 5 heteroatoms. The van der Waals surface area contributed by atoms with Crippen LogP contribution >= 0.6 is 0 Å². The predicted molar refractivity (Wildman–Crippen MR) is 79.5 cm³/mol. The van der Waals surface area contributed by atoms with Gasteiger partial charge in [0.15, 0.2) is 0 Å². The van der Waals surface area contributed by atoms with E-state index in [0.717, 1.165) is 26.1 Å². The third-order valence-electron chi connectivity index (χ3n) is 2.41. The Bertz CT molecular complexity index is 237. The molecule has 0 rings (SSSR count). The van der Waals surface area contributed by atoms with Gasteiger partial charge in [-0.1, -0.05) is 0 Å². The number of unbranched alkanes of at least 4 members (excludes halogenated alkanes) is 1. The van der Waals surface area contributed by atoms with E-state index in [2.05, 4.69) is 29.6 Å². The number of alkyl carbamates (subject to hydrolysis) is 1.